The number of hydrogen-bond acceptors (Lipinski definition) is 2. The highest BCUT2D eigenvalue weighted by Crippen LogP contribution is 2.15. The highest BCUT2D eigenvalue weighted by molar-refractivity contribution is 9.10. The number of nitrogens with one attached hydrogen (secondary N) is 1. The number of rotatable bonds is 4. The Hall–Kier alpha value is -1.69. The van der Waals surface area contributed by atoms with Gasteiger partial charge >= 0.3 is 0 Å². The van der Waals surface area contributed by atoms with E-state index in [4.69, 9.17) is 0 Å². The van der Waals surface area contributed by atoms with Crippen LogP contribution in [0, 0.1) is 19.7 Å². The monoisotopic (exact) mass is 353 g/mol. The minimum atomic E-state index is -0.437. The Morgan fingerprint density at radius 2 is 2.10 bits per heavy atom. The third kappa shape index (κ3) is 3.69. The maximum Gasteiger partial charge on any atom is 0.251 e. The van der Waals surface area contributed by atoms with Gasteiger partial charge in [0, 0.05) is 29.3 Å². The van der Waals surface area contributed by atoms with Crippen molar-refractivity contribution >= 4 is 21.8 Å². The van der Waals surface area contributed by atoms with E-state index in [9.17, 15) is 9.18 Å². The Labute approximate surface area is 131 Å². The van der Waals surface area contributed by atoms with E-state index in [1.165, 1.54) is 12.1 Å². The van der Waals surface area contributed by atoms with Gasteiger partial charge in [-0.05, 0) is 44.0 Å². The number of halogens is 2. The number of aryl methyl sites for hydroxylation is 2. The molecular formula is C15H17BrFN3O. The molecule has 0 saturated heterocycles. The summed E-state index contributed by atoms with van der Waals surface area (Å²) in [5.74, 6) is -0.720. The zero-order valence-corrected chi connectivity index (χ0v) is 13.8. The summed E-state index contributed by atoms with van der Waals surface area (Å²) in [6.45, 7) is 4.44. The molecule has 1 amide bonds. The molecule has 0 fully saturated rings. The molecule has 1 aromatic carbocycles. The minimum absolute atomic E-state index is 0.283. The minimum Gasteiger partial charge on any atom is -0.352 e. The predicted octanol–water partition coefficient (Wildman–Crippen LogP) is 2.91. The molecule has 4 nitrogen and oxygen atoms in total. The van der Waals surface area contributed by atoms with E-state index < -0.39 is 5.82 Å². The lowest BCUT2D eigenvalue weighted by molar-refractivity contribution is 0.0953. The van der Waals surface area contributed by atoms with E-state index in [1.807, 2.05) is 25.6 Å². The lowest BCUT2D eigenvalue weighted by Crippen LogP contribution is -2.26. The Morgan fingerprint density at radius 1 is 1.38 bits per heavy atom. The number of benzene rings is 1. The largest absolute Gasteiger partial charge is 0.352 e. The Kier molecular flexibility index (Phi) is 4.77. The first-order valence-electron chi connectivity index (χ1n) is 6.62. The summed E-state index contributed by atoms with van der Waals surface area (Å²) in [6, 6.07) is 4.14. The average molecular weight is 354 g/mol. The van der Waals surface area contributed by atoms with E-state index >= 15 is 0 Å². The number of carbonyl (C=O) groups excluding carboxylic acids is 1. The van der Waals surface area contributed by atoms with E-state index in [-0.39, 0.29) is 5.91 Å². The van der Waals surface area contributed by atoms with Gasteiger partial charge in [0.15, 0.2) is 0 Å². The normalized spacial score (nSPS) is 10.7. The topological polar surface area (TPSA) is 46.9 Å². The maximum atomic E-state index is 13.3. The first-order valence-corrected chi connectivity index (χ1v) is 7.41. The van der Waals surface area contributed by atoms with Crippen LogP contribution in [0.5, 0.6) is 0 Å². The van der Waals surface area contributed by atoms with E-state index in [0.717, 1.165) is 17.0 Å². The fraction of sp³-hybridized carbons (Fsp3) is 0.333. The zero-order valence-electron chi connectivity index (χ0n) is 12.2. The van der Waals surface area contributed by atoms with Crippen molar-refractivity contribution in [3.63, 3.8) is 0 Å². The number of aromatic nitrogens is 2. The van der Waals surface area contributed by atoms with Crippen molar-refractivity contribution in [1.82, 2.24) is 15.1 Å². The van der Waals surface area contributed by atoms with Crippen LogP contribution in [0.1, 0.15) is 27.3 Å². The molecule has 0 aliphatic carbocycles. The average Bonchev–Trinajstić information content (AvgIpc) is 2.63. The third-order valence-corrected chi connectivity index (χ3v) is 3.90. The molecule has 0 unspecified atom stereocenters. The molecule has 0 aliphatic heterocycles. The van der Waals surface area contributed by atoms with Crippen molar-refractivity contribution < 1.29 is 9.18 Å². The van der Waals surface area contributed by atoms with E-state index in [1.54, 1.807) is 6.07 Å². The summed E-state index contributed by atoms with van der Waals surface area (Å²) in [4.78, 5) is 12.0. The highest BCUT2D eigenvalue weighted by Gasteiger charge is 2.11. The maximum absolute atomic E-state index is 13.3. The van der Waals surface area contributed by atoms with Crippen LogP contribution in [0.3, 0.4) is 0 Å². The van der Waals surface area contributed by atoms with Gasteiger partial charge < -0.3 is 5.32 Å². The molecule has 1 heterocycles. The van der Waals surface area contributed by atoms with Gasteiger partial charge in [-0.15, -0.1) is 0 Å². The molecule has 112 valence electrons. The van der Waals surface area contributed by atoms with Crippen molar-refractivity contribution in [2.75, 3.05) is 6.54 Å². The zero-order chi connectivity index (χ0) is 15.6. The summed E-state index contributed by atoms with van der Waals surface area (Å²) in [7, 11) is 1.90. The fourth-order valence-corrected chi connectivity index (χ4v) is 2.73. The number of carbonyl (C=O) groups is 1. The van der Waals surface area contributed by atoms with E-state index in [2.05, 4.69) is 26.3 Å². The highest BCUT2D eigenvalue weighted by atomic mass is 79.9. The van der Waals surface area contributed by atoms with Crippen LogP contribution in [-0.2, 0) is 13.5 Å². The fourth-order valence-electron chi connectivity index (χ4n) is 2.27. The number of hydrogen-bond donors (Lipinski definition) is 1. The van der Waals surface area contributed by atoms with Crippen LogP contribution in [-0.4, -0.2) is 22.2 Å². The Balaban J connectivity index is 1.98. The van der Waals surface area contributed by atoms with Crippen LogP contribution in [0.25, 0.3) is 0 Å². The van der Waals surface area contributed by atoms with Gasteiger partial charge in [-0.25, -0.2) is 4.39 Å². The molecule has 0 aliphatic rings. The van der Waals surface area contributed by atoms with Gasteiger partial charge in [0.05, 0.1) is 5.69 Å². The van der Waals surface area contributed by atoms with Crippen molar-refractivity contribution in [2.24, 2.45) is 7.05 Å². The molecule has 2 rings (SSSR count). The van der Waals surface area contributed by atoms with Crippen LogP contribution in [0.4, 0.5) is 4.39 Å². The van der Waals surface area contributed by atoms with Crippen LogP contribution in [0.2, 0.25) is 0 Å². The van der Waals surface area contributed by atoms with Gasteiger partial charge in [0.2, 0.25) is 0 Å². The molecule has 0 saturated carbocycles. The van der Waals surface area contributed by atoms with Crippen molar-refractivity contribution in [2.45, 2.75) is 20.3 Å². The first kappa shape index (κ1) is 15.7. The van der Waals surface area contributed by atoms with Gasteiger partial charge in [0.1, 0.15) is 5.82 Å². The van der Waals surface area contributed by atoms with E-state index in [0.29, 0.717) is 23.0 Å². The third-order valence-electron chi connectivity index (χ3n) is 3.44. The Bertz CT molecular complexity index is 662. The van der Waals surface area contributed by atoms with Crippen molar-refractivity contribution in [3.05, 3.63) is 51.0 Å². The quantitative estimate of drug-likeness (QED) is 0.918. The summed E-state index contributed by atoms with van der Waals surface area (Å²) < 4.78 is 15.6. The van der Waals surface area contributed by atoms with Crippen LogP contribution < -0.4 is 5.32 Å². The van der Waals surface area contributed by atoms with Crippen LogP contribution >= 0.6 is 15.9 Å². The summed E-state index contributed by atoms with van der Waals surface area (Å²) in [5.41, 5.74) is 3.51. The molecule has 0 bridgehead atoms. The number of amides is 1. The van der Waals surface area contributed by atoms with Gasteiger partial charge in [0.25, 0.3) is 5.91 Å². The molecule has 1 aromatic heterocycles. The van der Waals surface area contributed by atoms with Crippen LogP contribution in [0.15, 0.2) is 22.7 Å². The molecule has 0 spiro atoms. The molecule has 6 heteroatoms. The summed E-state index contributed by atoms with van der Waals surface area (Å²) >= 11 is 3.18. The molecule has 0 atom stereocenters. The molecule has 0 radical (unpaired) electrons. The van der Waals surface area contributed by atoms with Crippen molar-refractivity contribution in [3.8, 4) is 0 Å². The standard InChI is InChI=1S/C15H17BrFN3O/c1-9-14(10(2)20(3)19-9)4-5-18-15(21)11-6-12(16)8-13(17)7-11/h6-8H,4-5H2,1-3H3,(H,18,21). The predicted molar refractivity (Wildman–Crippen MR) is 82.8 cm³/mol. The molecule has 1 N–H and O–H groups in total. The molecular weight excluding hydrogens is 337 g/mol. The second kappa shape index (κ2) is 6.39. The summed E-state index contributed by atoms with van der Waals surface area (Å²) in [6.07, 6.45) is 0.702. The lowest BCUT2D eigenvalue weighted by atomic mass is 10.1. The number of nitrogens with zero attached hydrogens (tertiary/aromatic N) is 2. The SMILES string of the molecule is Cc1nn(C)c(C)c1CCNC(=O)c1cc(F)cc(Br)c1. The van der Waals surface area contributed by atoms with Crippen molar-refractivity contribution in [1.29, 1.82) is 0 Å². The second-order valence-electron chi connectivity index (χ2n) is 4.94. The summed E-state index contributed by atoms with van der Waals surface area (Å²) in [5, 5.41) is 7.14. The second-order valence-corrected chi connectivity index (χ2v) is 5.85. The molecule has 2 aromatic rings. The van der Waals surface area contributed by atoms with Gasteiger partial charge in [-0.3, -0.25) is 9.48 Å². The van der Waals surface area contributed by atoms with Gasteiger partial charge in [-0.2, -0.15) is 5.10 Å². The molecule has 21 heavy (non-hydrogen) atoms. The van der Waals surface area contributed by atoms with Gasteiger partial charge in [-0.1, -0.05) is 15.9 Å². The first-order chi connectivity index (χ1) is 9.88. The smallest absolute Gasteiger partial charge is 0.251 e. The lowest BCUT2D eigenvalue weighted by Gasteiger charge is -2.06. The Morgan fingerprint density at radius 3 is 2.67 bits per heavy atom.